The van der Waals surface area contributed by atoms with Crippen molar-refractivity contribution in [1.82, 2.24) is 10.2 Å². The number of anilines is 1. The number of carbonyl (C=O) groups is 1. The molecule has 4 heteroatoms. The number of hydrogen-bond acceptors (Lipinski definition) is 3. The van der Waals surface area contributed by atoms with Crippen molar-refractivity contribution in [3.05, 3.63) is 29.3 Å². The maximum atomic E-state index is 12.2. The molecule has 0 bridgehead atoms. The maximum absolute atomic E-state index is 12.2. The number of nitrogens with zero attached hydrogens (tertiary/aromatic N) is 1. The largest absolute Gasteiger partial charge is 0.398 e. The second-order valence-corrected chi connectivity index (χ2v) is 5.61. The third kappa shape index (κ3) is 3.51. The van der Waals surface area contributed by atoms with Crippen LogP contribution in [-0.4, -0.2) is 37.0 Å². The average molecular weight is 275 g/mol. The number of nitrogens with one attached hydrogen (secondary N) is 1. The van der Waals surface area contributed by atoms with Crippen LogP contribution in [-0.2, 0) is 0 Å². The average Bonchev–Trinajstić information content (AvgIpc) is 2.48. The summed E-state index contributed by atoms with van der Waals surface area (Å²) < 4.78 is 0. The molecule has 1 heterocycles. The quantitative estimate of drug-likeness (QED) is 0.827. The molecular formula is C16H25N3O. The smallest absolute Gasteiger partial charge is 0.251 e. The number of hydrogen-bond donors (Lipinski definition) is 2. The standard InChI is InChI=1S/C16H25N3O/c1-3-19-9-7-13(8-10-19)11-18-16(20)14-5-4-6-15(17)12(14)2/h4-6,13H,3,7-11,17H2,1-2H3,(H,18,20). The van der Waals surface area contributed by atoms with Crippen LogP contribution in [0.3, 0.4) is 0 Å². The van der Waals surface area contributed by atoms with Gasteiger partial charge in [-0.15, -0.1) is 0 Å². The highest BCUT2D eigenvalue weighted by Gasteiger charge is 2.19. The van der Waals surface area contributed by atoms with E-state index in [9.17, 15) is 4.79 Å². The van der Waals surface area contributed by atoms with Gasteiger partial charge >= 0.3 is 0 Å². The number of carbonyl (C=O) groups excluding carboxylic acids is 1. The maximum Gasteiger partial charge on any atom is 0.251 e. The van der Waals surface area contributed by atoms with Crippen LogP contribution >= 0.6 is 0 Å². The van der Waals surface area contributed by atoms with Gasteiger partial charge in [0.1, 0.15) is 0 Å². The van der Waals surface area contributed by atoms with Crippen molar-refractivity contribution in [2.45, 2.75) is 26.7 Å². The van der Waals surface area contributed by atoms with Crippen molar-refractivity contribution in [3.8, 4) is 0 Å². The zero-order chi connectivity index (χ0) is 14.5. The Balaban J connectivity index is 1.85. The lowest BCUT2D eigenvalue weighted by Gasteiger charge is -2.31. The van der Waals surface area contributed by atoms with Crippen LogP contribution in [0.1, 0.15) is 35.7 Å². The Kier molecular flexibility index (Phi) is 5.01. The van der Waals surface area contributed by atoms with Gasteiger partial charge in [-0.25, -0.2) is 0 Å². The highest BCUT2D eigenvalue weighted by Crippen LogP contribution is 2.18. The first-order valence-corrected chi connectivity index (χ1v) is 7.47. The molecule has 1 amide bonds. The van der Waals surface area contributed by atoms with Crippen LogP contribution in [0.25, 0.3) is 0 Å². The Labute approximate surface area is 121 Å². The van der Waals surface area contributed by atoms with E-state index in [4.69, 9.17) is 5.73 Å². The summed E-state index contributed by atoms with van der Waals surface area (Å²) in [5.41, 5.74) is 8.07. The van der Waals surface area contributed by atoms with Crippen molar-refractivity contribution in [2.75, 3.05) is 31.9 Å². The second-order valence-electron chi connectivity index (χ2n) is 5.61. The minimum absolute atomic E-state index is 0.00674. The first-order valence-electron chi connectivity index (χ1n) is 7.47. The number of likely N-dealkylation sites (tertiary alicyclic amines) is 1. The van der Waals surface area contributed by atoms with Crippen LogP contribution in [0.15, 0.2) is 18.2 Å². The molecule has 0 radical (unpaired) electrons. The van der Waals surface area contributed by atoms with E-state index in [2.05, 4.69) is 17.1 Å². The topological polar surface area (TPSA) is 58.4 Å². The summed E-state index contributed by atoms with van der Waals surface area (Å²) in [4.78, 5) is 14.7. The molecule has 0 unspecified atom stereocenters. The molecule has 1 aromatic carbocycles. The van der Waals surface area contributed by atoms with Gasteiger partial charge in [0.05, 0.1) is 0 Å². The zero-order valence-corrected chi connectivity index (χ0v) is 12.5. The summed E-state index contributed by atoms with van der Waals surface area (Å²) in [5, 5.41) is 3.06. The summed E-state index contributed by atoms with van der Waals surface area (Å²) in [6.45, 7) is 8.28. The predicted molar refractivity (Wildman–Crippen MR) is 82.8 cm³/mol. The lowest BCUT2D eigenvalue weighted by Crippen LogP contribution is -2.38. The number of piperidine rings is 1. The summed E-state index contributed by atoms with van der Waals surface area (Å²) in [6, 6.07) is 5.49. The summed E-state index contributed by atoms with van der Waals surface area (Å²) in [7, 11) is 0. The number of nitrogen functional groups attached to an aromatic ring is 1. The Morgan fingerprint density at radius 3 is 2.75 bits per heavy atom. The fourth-order valence-corrected chi connectivity index (χ4v) is 2.74. The van der Waals surface area contributed by atoms with Crippen molar-refractivity contribution in [1.29, 1.82) is 0 Å². The lowest BCUT2D eigenvalue weighted by molar-refractivity contribution is 0.0936. The molecule has 0 aliphatic carbocycles. The number of rotatable bonds is 4. The number of nitrogens with two attached hydrogens (primary N) is 1. The monoisotopic (exact) mass is 275 g/mol. The molecule has 110 valence electrons. The highest BCUT2D eigenvalue weighted by atomic mass is 16.1. The van der Waals surface area contributed by atoms with Gasteiger partial charge in [0.2, 0.25) is 0 Å². The van der Waals surface area contributed by atoms with Crippen LogP contribution in [0.2, 0.25) is 0 Å². The fraction of sp³-hybridized carbons (Fsp3) is 0.562. The Morgan fingerprint density at radius 2 is 2.10 bits per heavy atom. The Bertz CT molecular complexity index is 465. The third-order valence-corrected chi connectivity index (χ3v) is 4.33. The van der Waals surface area contributed by atoms with Gasteiger partial charge < -0.3 is 16.0 Å². The van der Waals surface area contributed by atoms with Crippen LogP contribution in [0.5, 0.6) is 0 Å². The van der Waals surface area contributed by atoms with Crippen molar-refractivity contribution >= 4 is 11.6 Å². The molecule has 1 fully saturated rings. The number of amides is 1. The third-order valence-electron chi connectivity index (χ3n) is 4.33. The van der Waals surface area contributed by atoms with Crippen LogP contribution in [0, 0.1) is 12.8 Å². The van der Waals surface area contributed by atoms with Crippen molar-refractivity contribution in [3.63, 3.8) is 0 Å². The van der Waals surface area contributed by atoms with E-state index in [1.165, 1.54) is 12.8 Å². The fourth-order valence-electron chi connectivity index (χ4n) is 2.74. The van der Waals surface area contributed by atoms with E-state index in [-0.39, 0.29) is 5.91 Å². The van der Waals surface area contributed by atoms with E-state index in [1.807, 2.05) is 25.1 Å². The first-order chi connectivity index (χ1) is 9.61. The molecule has 3 N–H and O–H groups in total. The van der Waals surface area contributed by atoms with E-state index in [0.717, 1.165) is 31.7 Å². The van der Waals surface area contributed by atoms with Crippen molar-refractivity contribution < 1.29 is 4.79 Å². The van der Waals surface area contributed by atoms with E-state index in [1.54, 1.807) is 0 Å². The molecule has 1 saturated heterocycles. The first kappa shape index (κ1) is 14.9. The van der Waals surface area contributed by atoms with E-state index >= 15 is 0 Å². The minimum atomic E-state index is -0.00674. The summed E-state index contributed by atoms with van der Waals surface area (Å²) in [5.74, 6) is 0.593. The van der Waals surface area contributed by atoms with Gasteiger partial charge in [-0.05, 0) is 63.0 Å². The minimum Gasteiger partial charge on any atom is -0.398 e. The van der Waals surface area contributed by atoms with Crippen LogP contribution in [0.4, 0.5) is 5.69 Å². The van der Waals surface area contributed by atoms with Gasteiger partial charge in [-0.2, -0.15) is 0 Å². The number of benzene rings is 1. The van der Waals surface area contributed by atoms with E-state index in [0.29, 0.717) is 17.2 Å². The molecule has 0 spiro atoms. The SMILES string of the molecule is CCN1CCC(CNC(=O)c2cccc(N)c2C)CC1. The molecule has 0 saturated carbocycles. The lowest BCUT2D eigenvalue weighted by atomic mass is 9.96. The Morgan fingerprint density at radius 1 is 1.40 bits per heavy atom. The zero-order valence-electron chi connectivity index (χ0n) is 12.5. The Hall–Kier alpha value is -1.55. The highest BCUT2D eigenvalue weighted by molar-refractivity contribution is 5.96. The molecule has 1 aliphatic rings. The molecule has 20 heavy (non-hydrogen) atoms. The van der Waals surface area contributed by atoms with Gasteiger partial charge in [0.15, 0.2) is 0 Å². The molecule has 2 rings (SSSR count). The van der Waals surface area contributed by atoms with E-state index < -0.39 is 0 Å². The second kappa shape index (κ2) is 6.75. The predicted octanol–water partition coefficient (Wildman–Crippen LogP) is 2.04. The van der Waals surface area contributed by atoms with Crippen molar-refractivity contribution in [2.24, 2.45) is 5.92 Å². The van der Waals surface area contributed by atoms with Gasteiger partial charge in [0.25, 0.3) is 5.91 Å². The molecule has 1 aliphatic heterocycles. The van der Waals surface area contributed by atoms with Gasteiger partial charge in [0, 0.05) is 17.8 Å². The normalized spacial score (nSPS) is 17.1. The van der Waals surface area contributed by atoms with Gasteiger partial charge in [-0.1, -0.05) is 13.0 Å². The molecule has 0 atom stereocenters. The summed E-state index contributed by atoms with van der Waals surface area (Å²) >= 11 is 0. The molecule has 1 aromatic rings. The summed E-state index contributed by atoms with van der Waals surface area (Å²) in [6.07, 6.45) is 2.34. The molecular weight excluding hydrogens is 250 g/mol. The molecule has 0 aromatic heterocycles. The van der Waals surface area contributed by atoms with Gasteiger partial charge in [-0.3, -0.25) is 4.79 Å². The molecule has 4 nitrogen and oxygen atoms in total. The van der Waals surface area contributed by atoms with Crippen LogP contribution < -0.4 is 11.1 Å².